The Morgan fingerprint density at radius 2 is 1.71 bits per heavy atom. The zero-order chi connectivity index (χ0) is 28.2. The molecule has 0 unspecified atom stereocenters. The highest BCUT2D eigenvalue weighted by atomic mass is 32.1. The van der Waals surface area contributed by atoms with E-state index >= 15 is 0 Å². The zero-order valence-electron chi connectivity index (χ0n) is 23.1. The highest BCUT2D eigenvalue weighted by molar-refractivity contribution is 7.22. The molecule has 5 aromatic rings. The minimum absolute atomic E-state index is 0.269. The number of hydrogen-bond acceptors (Lipinski definition) is 9. The number of benzene rings is 3. The van der Waals surface area contributed by atoms with Crippen LogP contribution in [0.25, 0.3) is 10.3 Å². The van der Waals surface area contributed by atoms with Crippen LogP contribution in [-0.2, 0) is 13.2 Å². The lowest BCUT2D eigenvalue weighted by atomic mass is 10.2. The third-order valence-corrected chi connectivity index (χ3v) is 8.09. The fourth-order valence-electron chi connectivity index (χ4n) is 4.79. The number of rotatable bonds is 9. The van der Waals surface area contributed by atoms with E-state index in [-0.39, 0.29) is 5.82 Å². The van der Waals surface area contributed by atoms with Crippen molar-refractivity contribution in [2.45, 2.75) is 20.1 Å². The SMILES string of the molecule is Cc1cc(Nc2ncnc3nc(Nc4ccc(CN5CCN(C)CC5)cc4)sc23)ccc1OCc1cccc(F)c1. The molecule has 2 aromatic heterocycles. The molecule has 0 aliphatic carbocycles. The van der Waals surface area contributed by atoms with Gasteiger partial charge in [-0.05, 0) is 73.1 Å². The molecule has 2 N–H and O–H groups in total. The number of aromatic nitrogens is 3. The second kappa shape index (κ2) is 12.2. The first kappa shape index (κ1) is 27.1. The molecule has 6 rings (SSSR count). The molecule has 3 heterocycles. The molecule has 1 saturated heterocycles. The lowest BCUT2D eigenvalue weighted by Gasteiger charge is -2.32. The van der Waals surface area contributed by atoms with E-state index < -0.39 is 0 Å². The minimum Gasteiger partial charge on any atom is -0.489 e. The van der Waals surface area contributed by atoms with E-state index in [1.54, 1.807) is 6.07 Å². The highest BCUT2D eigenvalue weighted by Crippen LogP contribution is 2.33. The Kier molecular flexibility index (Phi) is 8.04. The Labute approximate surface area is 242 Å². The van der Waals surface area contributed by atoms with E-state index in [2.05, 4.69) is 66.7 Å². The monoisotopic (exact) mass is 569 g/mol. The Hall–Kier alpha value is -4.12. The molecular formula is C31H32FN7OS. The van der Waals surface area contributed by atoms with Gasteiger partial charge in [-0.15, -0.1) is 0 Å². The molecule has 10 heteroatoms. The van der Waals surface area contributed by atoms with Gasteiger partial charge in [0.25, 0.3) is 0 Å². The number of nitrogens with zero attached hydrogens (tertiary/aromatic N) is 5. The third-order valence-electron chi connectivity index (χ3n) is 7.12. The molecule has 8 nitrogen and oxygen atoms in total. The Bertz CT molecular complexity index is 1630. The summed E-state index contributed by atoms with van der Waals surface area (Å²) in [7, 11) is 2.18. The molecule has 1 aliphatic heterocycles. The predicted octanol–water partition coefficient (Wildman–Crippen LogP) is 6.35. The van der Waals surface area contributed by atoms with E-state index in [0.717, 1.165) is 70.8 Å². The van der Waals surface area contributed by atoms with Crippen molar-refractivity contribution in [2.75, 3.05) is 43.9 Å². The van der Waals surface area contributed by atoms with Crippen molar-refractivity contribution in [3.63, 3.8) is 0 Å². The third kappa shape index (κ3) is 6.79. The number of aryl methyl sites for hydroxylation is 1. The molecule has 0 radical (unpaired) electrons. The average molecular weight is 570 g/mol. The van der Waals surface area contributed by atoms with Crippen molar-refractivity contribution in [3.8, 4) is 5.75 Å². The van der Waals surface area contributed by atoms with E-state index in [1.165, 1.54) is 35.4 Å². The smallest absolute Gasteiger partial charge is 0.189 e. The fraction of sp³-hybridized carbons (Fsp3) is 0.258. The van der Waals surface area contributed by atoms with E-state index in [9.17, 15) is 4.39 Å². The van der Waals surface area contributed by atoms with Crippen molar-refractivity contribution < 1.29 is 9.13 Å². The predicted molar refractivity (Wildman–Crippen MR) is 163 cm³/mol. The van der Waals surface area contributed by atoms with Gasteiger partial charge in [0.15, 0.2) is 16.6 Å². The maximum atomic E-state index is 13.5. The second-order valence-electron chi connectivity index (χ2n) is 10.3. The van der Waals surface area contributed by atoms with E-state index in [1.807, 2.05) is 31.2 Å². The quantitative estimate of drug-likeness (QED) is 0.213. The minimum atomic E-state index is -0.269. The van der Waals surface area contributed by atoms with Gasteiger partial charge in [-0.25, -0.2) is 14.4 Å². The highest BCUT2D eigenvalue weighted by Gasteiger charge is 2.15. The summed E-state index contributed by atoms with van der Waals surface area (Å²) in [5.74, 6) is 1.16. The van der Waals surface area contributed by atoms with Crippen molar-refractivity contribution in [1.29, 1.82) is 0 Å². The Balaban J connectivity index is 1.10. The van der Waals surface area contributed by atoms with Gasteiger partial charge in [0.1, 0.15) is 29.2 Å². The number of hydrogen-bond donors (Lipinski definition) is 2. The van der Waals surface area contributed by atoms with E-state index in [0.29, 0.717) is 18.1 Å². The zero-order valence-corrected chi connectivity index (χ0v) is 23.9. The molecule has 1 aliphatic rings. The average Bonchev–Trinajstić information content (AvgIpc) is 3.38. The number of anilines is 4. The molecule has 210 valence electrons. The summed E-state index contributed by atoms with van der Waals surface area (Å²) in [6.45, 7) is 7.70. The first-order valence-electron chi connectivity index (χ1n) is 13.6. The summed E-state index contributed by atoms with van der Waals surface area (Å²) in [6, 6.07) is 20.8. The summed E-state index contributed by atoms with van der Waals surface area (Å²) in [5, 5.41) is 7.58. The lowest BCUT2D eigenvalue weighted by molar-refractivity contribution is 0.148. The molecule has 41 heavy (non-hydrogen) atoms. The number of ether oxygens (including phenoxy) is 1. The summed E-state index contributed by atoms with van der Waals surface area (Å²) in [5.41, 5.74) is 5.54. The van der Waals surface area contributed by atoms with Crippen LogP contribution in [0.3, 0.4) is 0 Å². The van der Waals surface area contributed by atoms with Crippen LogP contribution in [0.5, 0.6) is 5.75 Å². The summed E-state index contributed by atoms with van der Waals surface area (Å²) in [4.78, 5) is 18.4. The Morgan fingerprint density at radius 1 is 0.902 bits per heavy atom. The van der Waals surface area contributed by atoms with Crippen molar-refractivity contribution in [2.24, 2.45) is 0 Å². The maximum absolute atomic E-state index is 13.5. The van der Waals surface area contributed by atoms with Crippen LogP contribution in [0.15, 0.2) is 73.1 Å². The summed E-state index contributed by atoms with van der Waals surface area (Å²) >= 11 is 1.51. The van der Waals surface area contributed by atoms with Crippen molar-refractivity contribution in [3.05, 3.63) is 95.6 Å². The molecule has 0 bridgehead atoms. The lowest BCUT2D eigenvalue weighted by Crippen LogP contribution is -2.43. The number of fused-ring (bicyclic) bond motifs is 1. The topological polar surface area (TPSA) is 78.4 Å². The molecular weight excluding hydrogens is 537 g/mol. The van der Waals surface area contributed by atoms with Crippen molar-refractivity contribution >= 4 is 44.0 Å². The van der Waals surface area contributed by atoms with Gasteiger partial charge < -0.3 is 20.3 Å². The van der Waals surface area contributed by atoms with Gasteiger partial charge in [0.2, 0.25) is 0 Å². The number of nitrogens with one attached hydrogen (secondary N) is 2. The van der Waals surface area contributed by atoms with Gasteiger partial charge in [-0.1, -0.05) is 35.6 Å². The molecule has 0 amide bonds. The van der Waals surface area contributed by atoms with E-state index in [4.69, 9.17) is 4.74 Å². The van der Waals surface area contributed by atoms with Crippen LogP contribution < -0.4 is 15.4 Å². The van der Waals surface area contributed by atoms with Gasteiger partial charge >= 0.3 is 0 Å². The number of likely N-dealkylation sites (N-methyl/N-ethyl adjacent to an activating group) is 1. The number of thiazole rings is 1. The standard InChI is InChI=1S/C31H32FN7OS/c1-21-16-26(10-11-27(21)40-19-23-4-3-5-24(32)17-23)35-29-28-30(34-20-33-29)37-31(41-28)36-25-8-6-22(7-9-25)18-39-14-12-38(2)13-15-39/h3-11,16-17,20H,12-15,18-19H2,1-2H3,(H2,33,34,35,36,37). The van der Waals surface area contributed by atoms with Gasteiger partial charge in [0, 0.05) is 44.1 Å². The molecule has 0 saturated carbocycles. The number of piperazine rings is 1. The first-order valence-corrected chi connectivity index (χ1v) is 14.4. The normalized spacial score (nSPS) is 14.3. The Morgan fingerprint density at radius 3 is 2.49 bits per heavy atom. The van der Waals surface area contributed by atoms with Gasteiger partial charge in [-0.3, -0.25) is 4.90 Å². The molecule has 0 spiro atoms. The molecule has 0 atom stereocenters. The maximum Gasteiger partial charge on any atom is 0.189 e. The summed E-state index contributed by atoms with van der Waals surface area (Å²) in [6.07, 6.45) is 1.52. The second-order valence-corrected chi connectivity index (χ2v) is 11.3. The van der Waals surface area contributed by atoms with Gasteiger partial charge in [0.05, 0.1) is 0 Å². The van der Waals surface area contributed by atoms with Gasteiger partial charge in [-0.2, -0.15) is 4.98 Å². The number of halogens is 1. The van der Waals surface area contributed by atoms with Crippen LogP contribution in [0, 0.1) is 12.7 Å². The largest absolute Gasteiger partial charge is 0.489 e. The summed E-state index contributed by atoms with van der Waals surface area (Å²) < 4.78 is 20.3. The molecule has 3 aromatic carbocycles. The van der Waals surface area contributed by atoms with Crippen LogP contribution in [0.4, 0.5) is 26.7 Å². The van der Waals surface area contributed by atoms with Crippen LogP contribution in [-0.4, -0.2) is 58.0 Å². The van der Waals surface area contributed by atoms with Crippen molar-refractivity contribution in [1.82, 2.24) is 24.8 Å². The first-order chi connectivity index (χ1) is 20.0. The van der Waals surface area contributed by atoms with Crippen LogP contribution >= 0.6 is 11.3 Å². The molecule has 1 fully saturated rings. The fourth-order valence-corrected chi connectivity index (χ4v) is 5.68. The van der Waals surface area contributed by atoms with Crippen LogP contribution in [0.2, 0.25) is 0 Å². The van der Waals surface area contributed by atoms with Crippen LogP contribution in [0.1, 0.15) is 16.7 Å².